The van der Waals surface area contributed by atoms with Crippen LogP contribution in [-0.2, 0) is 9.53 Å². The maximum atomic E-state index is 12.3. The lowest BCUT2D eigenvalue weighted by Crippen LogP contribution is -2.57. The predicted octanol–water partition coefficient (Wildman–Crippen LogP) is -0.749. The van der Waals surface area contributed by atoms with Gasteiger partial charge in [0.15, 0.2) is 0 Å². The van der Waals surface area contributed by atoms with Gasteiger partial charge in [0.1, 0.15) is 0 Å². The van der Waals surface area contributed by atoms with Crippen LogP contribution in [0.3, 0.4) is 0 Å². The molecule has 0 aromatic carbocycles. The summed E-state index contributed by atoms with van der Waals surface area (Å²) in [6.07, 6.45) is 1.48. The Morgan fingerprint density at radius 3 is 2.53 bits per heavy atom. The molecular weight excluding hydrogens is 248 g/mol. The zero-order chi connectivity index (χ0) is 14.3. The summed E-state index contributed by atoms with van der Waals surface area (Å²) in [5.41, 5.74) is -0.936. The molecule has 2 atom stereocenters. The molecule has 6 nitrogen and oxygen atoms in total. The molecule has 1 aliphatic heterocycles. The third-order valence-corrected chi connectivity index (χ3v) is 3.74. The highest BCUT2D eigenvalue weighted by atomic mass is 16.5. The van der Waals surface area contributed by atoms with E-state index in [0.717, 1.165) is 13.0 Å². The maximum Gasteiger partial charge on any atom is 0.227 e. The van der Waals surface area contributed by atoms with Gasteiger partial charge in [-0.25, -0.2) is 0 Å². The molecule has 0 aromatic rings. The lowest BCUT2D eigenvalue weighted by molar-refractivity contribution is -0.129. The van der Waals surface area contributed by atoms with Crippen LogP contribution in [0.25, 0.3) is 0 Å². The zero-order valence-corrected chi connectivity index (χ0v) is 11.8. The van der Waals surface area contributed by atoms with Crippen molar-refractivity contribution in [2.45, 2.75) is 38.3 Å². The van der Waals surface area contributed by atoms with Crippen molar-refractivity contribution in [3.8, 4) is 0 Å². The van der Waals surface area contributed by atoms with Crippen molar-refractivity contribution in [2.24, 2.45) is 5.92 Å². The Bertz CT molecular complexity index is 274. The van der Waals surface area contributed by atoms with Crippen LogP contribution in [0.2, 0.25) is 0 Å². The molecule has 0 radical (unpaired) electrons. The Hall–Kier alpha value is -0.690. The van der Waals surface area contributed by atoms with Gasteiger partial charge < -0.3 is 25.6 Å². The second-order valence-corrected chi connectivity index (χ2v) is 5.14. The number of amides is 1. The van der Waals surface area contributed by atoms with Gasteiger partial charge in [0.05, 0.1) is 37.9 Å². The molecule has 2 unspecified atom stereocenters. The summed E-state index contributed by atoms with van der Waals surface area (Å²) < 4.78 is 5.35. The van der Waals surface area contributed by atoms with Gasteiger partial charge in [-0.05, 0) is 19.4 Å². The van der Waals surface area contributed by atoms with Crippen molar-refractivity contribution in [2.75, 3.05) is 33.0 Å². The number of nitrogens with one attached hydrogen (secondary N) is 2. The van der Waals surface area contributed by atoms with Crippen LogP contribution in [0.5, 0.6) is 0 Å². The first-order valence-electron chi connectivity index (χ1n) is 6.97. The smallest absolute Gasteiger partial charge is 0.227 e. The fourth-order valence-electron chi connectivity index (χ4n) is 2.14. The molecule has 1 saturated heterocycles. The van der Waals surface area contributed by atoms with Gasteiger partial charge in [-0.1, -0.05) is 13.8 Å². The summed E-state index contributed by atoms with van der Waals surface area (Å²) in [5.74, 6) is -0.438. The van der Waals surface area contributed by atoms with Gasteiger partial charge in [-0.3, -0.25) is 4.79 Å². The number of aliphatic hydroxyl groups excluding tert-OH is 2. The molecule has 0 aromatic heterocycles. The van der Waals surface area contributed by atoms with E-state index >= 15 is 0 Å². The van der Waals surface area contributed by atoms with Crippen molar-refractivity contribution in [1.82, 2.24) is 10.6 Å². The Morgan fingerprint density at radius 1 is 1.32 bits per heavy atom. The Labute approximate surface area is 114 Å². The molecule has 0 bridgehead atoms. The normalized spacial score (nSPS) is 23.6. The summed E-state index contributed by atoms with van der Waals surface area (Å²) in [6.45, 7) is 5.09. The molecule has 1 heterocycles. The third-order valence-electron chi connectivity index (χ3n) is 3.74. The maximum absolute atomic E-state index is 12.3. The number of aliphatic hydroxyl groups is 2. The quantitative estimate of drug-likeness (QED) is 0.467. The van der Waals surface area contributed by atoms with Crippen LogP contribution in [0.15, 0.2) is 0 Å². The van der Waals surface area contributed by atoms with E-state index in [-0.39, 0.29) is 31.1 Å². The lowest BCUT2D eigenvalue weighted by atomic mass is 9.95. The van der Waals surface area contributed by atoms with Crippen molar-refractivity contribution < 1.29 is 19.7 Å². The predicted molar refractivity (Wildman–Crippen MR) is 71.7 cm³/mol. The van der Waals surface area contributed by atoms with E-state index in [2.05, 4.69) is 17.6 Å². The Balaban J connectivity index is 2.60. The highest BCUT2D eigenvalue weighted by molar-refractivity contribution is 5.80. The second-order valence-electron chi connectivity index (χ2n) is 5.14. The molecule has 1 rings (SSSR count). The molecule has 0 aliphatic carbocycles. The largest absolute Gasteiger partial charge is 0.394 e. The molecular formula is C13H26N2O4. The Morgan fingerprint density at radius 2 is 2.00 bits per heavy atom. The number of carbonyl (C=O) groups excluding carboxylic acids is 1. The molecule has 4 N–H and O–H groups in total. The number of hydrogen-bond donors (Lipinski definition) is 4. The van der Waals surface area contributed by atoms with Crippen LogP contribution in [0.4, 0.5) is 0 Å². The summed E-state index contributed by atoms with van der Waals surface area (Å²) in [5, 5.41) is 24.8. The summed E-state index contributed by atoms with van der Waals surface area (Å²) in [7, 11) is 0. The Kier molecular flexibility index (Phi) is 6.71. The second kappa shape index (κ2) is 7.79. The first-order valence-corrected chi connectivity index (χ1v) is 6.97. The molecule has 19 heavy (non-hydrogen) atoms. The van der Waals surface area contributed by atoms with Crippen molar-refractivity contribution in [3.05, 3.63) is 0 Å². The first kappa shape index (κ1) is 16.4. The molecule has 1 aliphatic rings. The molecule has 0 spiro atoms. The molecule has 1 amide bonds. The number of ether oxygens (including phenoxy) is 1. The average molecular weight is 274 g/mol. The fraction of sp³-hybridized carbons (Fsp3) is 0.923. The van der Waals surface area contributed by atoms with Gasteiger partial charge in [-0.2, -0.15) is 0 Å². The monoisotopic (exact) mass is 274 g/mol. The fourth-order valence-corrected chi connectivity index (χ4v) is 2.14. The SMILES string of the molecule is CCCNC1COCC1C(=O)NC(CC)(CO)CO. The minimum absolute atomic E-state index is 0.00638. The van der Waals surface area contributed by atoms with E-state index in [0.29, 0.717) is 19.6 Å². The van der Waals surface area contributed by atoms with Gasteiger partial charge in [0.25, 0.3) is 0 Å². The molecule has 6 heteroatoms. The highest BCUT2D eigenvalue weighted by Gasteiger charge is 2.37. The van der Waals surface area contributed by atoms with Crippen LogP contribution in [-0.4, -0.2) is 60.7 Å². The van der Waals surface area contributed by atoms with Crippen LogP contribution >= 0.6 is 0 Å². The van der Waals surface area contributed by atoms with Gasteiger partial charge >= 0.3 is 0 Å². The highest BCUT2D eigenvalue weighted by Crippen LogP contribution is 2.17. The molecule has 0 saturated carbocycles. The van der Waals surface area contributed by atoms with Gasteiger partial charge in [0.2, 0.25) is 5.91 Å². The third kappa shape index (κ3) is 4.14. The van der Waals surface area contributed by atoms with Crippen LogP contribution < -0.4 is 10.6 Å². The van der Waals surface area contributed by atoms with Gasteiger partial charge in [0, 0.05) is 6.04 Å². The van der Waals surface area contributed by atoms with Gasteiger partial charge in [-0.15, -0.1) is 0 Å². The minimum Gasteiger partial charge on any atom is -0.394 e. The van der Waals surface area contributed by atoms with Crippen molar-refractivity contribution >= 4 is 5.91 Å². The zero-order valence-electron chi connectivity index (χ0n) is 11.8. The summed E-state index contributed by atoms with van der Waals surface area (Å²) in [6, 6.07) is 0.00638. The average Bonchev–Trinajstić information content (AvgIpc) is 2.91. The molecule has 1 fully saturated rings. The number of hydrogen-bond acceptors (Lipinski definition) is 5. The van der Waals surface area contributed by atoms with E-state index in [1.807, 2.05) is 6.92 Å². The van der Waals surface area contributed by atoms with E-state index in [4.69, 9.17) is 4.74 Å². The minimum atomic E-state index is -0.936. The number of rotatable bonds is 8. The lowest BCUT2D eigenvalue weighted by Gasteiger charge is -2.31. The van der Waals surface area contributed by atoms with Crippen molar-refractivity contribution in [3.63, 3.8) is 0 Å². The standard InChI is InChI=1S/C13H26N2O4/c1-3-5-14-11-7-19-6-10(11)12(18)15-13(4-2,8-16)9-17/h10-11,14,16-17H,3-9H2,1-2H3,(H,15,18). The number of carbonyl (C=O) groups is 1. The first-order chi connectivity index (χ1) is 9.12. The van der Waals surface area contributed by atoms with E-state index in [1.54, 1.807) is 0 Å². The van der Waals surface area contributed by atoms with Crippen molar-refractivity contribution in [1.29, 1.82) is 0 Å². The molecule has 112 valence electrons. The van der Waals surface area contributed by atoms with E-state index in [1.165, 1.54) is 0 Å². The topological polar surface area (TPSA) is 90.8 Å². The van der Waals surface area contributed by atoms with E-state index in [9.17, 15) is 15.0 Å². The van der Waals surface area contributed by atoms with Crippen LogP contribution in [0, 0.1) is 5.92 Å². The van der Waals surface area contributed by atoms with E-state index < -0.39 is 5.54 Å². The van der Waals surface area contributed by atoms with Crippen LogP contribution in [0.1, 0.15) is 26.7 Å². The summed E-state index contributed by atoms with van der Waals surface area (Å²) >= 11 is 0. The summed E-state index contributed by atoms with van der Waals surface area (Å²) in [4.78, 5) is 12.3.